The summed E-state index contributed by atoms with van der Waals surface area (Å²) in [4.78, 5) is 2.52. The van der Waals surface area contributed by atoms with Crippen LogP contribution in [-0.4, -0.2) is 41.4 Å². The van der Waals surface area contributed by atoms with E-state index in [-0.39, 0.29) is 6.04 Å². The minimum atomic E-state index is 0.197. The molecule has 1 aliphatic rings. The zero-order valence-electron chi connectivity index (χ0n) is 14.1. The van der Waals surface area contributed by atoms with Gasteiger partial charge < -0.3 is 10.5 Å². The fourth-order valence-corrected chi connectivity index (χ4v) is 3.48. The van der Waals surface area contributed by atoms with E-state index in [4.69, 9.17) is 10.5 Å². The Balaban J connectivity index is 2.27. The van der Waals surface area contributed by atoms with Gasteiger partial charge >= 0.3 is 0 Å². The summed E-state index contributed by atoms with van der Waals surface area (Å²) in [5.41, 5.74) is 8.73. The van der Waals surface area contributed by atoms with E-state index < -0.39 is 0 Å². The van der Waals surface area contributed by atoms with E-state index in [2.05, 4.69) is 23.8 Å². The fraction of sp³-hybridized carbons (Fsp3) is 0.812. The van der Waals surface area contributed by atoms with E-state index >= 15 is 0 Å². The van der Waals surface area contributed by atoms with E-state index in [1.54, 1.807) is 7.11 Å². The molecule has 1 aromatic heterocycles. The van der Waals surface area contributed by atoms with Crippen LogP contribution in [-0.2, 0) is 7.05 Å². The van der Waals surface area contributed by atoms with Crippen molar-refractivity contribution in [1.29, 1.82) is 0 Å². The van der Waals surface area contributed by atoms with E-state index in [1.807, 2.05) is 18.7 Å². The molecular weight excluding hydrogens is 264 g/mol. The van der Waals surface area contributed by atoms with Gasteiger partial charge in [0.2, 0.25) is 5.88 Å². The first-order chi connectivity index (χ1) is 9.89. The first-order valence-corrected chi connectivity index (χ1v) is 7.91. The lowest BCUT2D eigenvalue weighted by atomic mass is 9.85. The number of ether oxygens (including phenoxy) is 1. The van der Waals surface area contributed by atoms with Crippen molar-refractivity contribution < 1.29 is 4.74 Å². The maximum Gasteiger partial charge on any atom is 0.216 e. The molecule has 5 heteroatoms. The Labute approximate surface area is 128 Å². The van der Waals surface area contributed by atoms with Crippen LogP contribution in [0.4, 0.5) is 0 Å². The molecule has 2 heterocycles. The molecule has 120 valence electrons. The summed E-state index contributed by atoms with van der Waals surface area (Å²) >= 11 is 0. The molecule has 0 aliphatic carbocycles. The number of likely N-dealkylation sites (tertiary alicyclic amines) is 1. The number of rotatable bonds is 4. The van der Waals surface area contributed by atoms with Crippen molar-refractivity contribution in [2.24, 2.45) is 18.2 Å². The smallest absolute Gasteiger partial charge is 0.216 e. The summed E-state index contributed by atoms with van der Waals surface area (Å²) < 4.78 is 7.38. The molecule has 2 rings (SSSR count). The number of nitrogens with zero attached hydrogens (tertiary/aromatic N) is 3. The Kier molecular flexibility index (Phi) is 4.94. The Hall–Kier alpha value is -1.07. The average Bonchev–Trinajstić information content (AvgIpc) is 2.57. The number of hydrogen-bond acceptors (Lipinski definition) is 4. The summed E-state index contributed by atoms with van der Waals surface area (Å²) in [6.45, 7) is 9.56. The molecule has 0 radical (unpaired) electrons. The van der Waals surface area contributed by atoms with Gasteiger partial charge in [-0.3, -0.25) is 4.90 Å². The highest BCUT2D eigenvalue weighted by molar-refractivity contribution is 5.34. The van der Waals surface area contributed by atoms with Gasteiger partial charge in [0.1, 0.15) is 0 Å². The molecule has 0 aromatic carbocycles. The van der Waals surface area contributed by atoms with E-state index in [0.717, 1.165) is 30.2 Å². The quantitative estimate of drug-likeness (QED) is 0.925. The van der Waals surface area contributed by atoms with Crippen LogP contribution < -0.4 is 10.5 Å². The van der Waals surface area contributed by atoms with Gasteiger partial charge in [0, 0.05) is 13.6 Å². The van der Waals surface area contributed by atoms with Gasteiger partial charge in [0.15, 0.2) is 0 Å². The summed E-state index contributed by atoms with van der Waals surface area (Å²) in [6, 6.07) is 0.197. The minimum absolute atomic E-state index is 0.197. The van der Waals surface area contributed by atoms with Crippen molar-refractivity contribution in [2.75, 3.05) is 26.7 Å². The molecule has 0 amide bonds. The topological polar surface area (TPSA) is 56.3 Å². The zero-order chi connectivity index (χ0) is 15.6. The third-order valence-corrected chi connectivity index (χ3v) is 4.78. The minimum Gasteiger partial charge on any atom is -0.481 e. The normalized spacial score (nSPS) is 21.0. The van der Waals surface area contributed by atoms with Gasteiger partial charge in [-0.1, -0.05) is 13.8 Å². The van der Waals surface area contributed by atoms with Crippen LogP contribution in [0.5, 0.6) is 5.88 Å². The van der Waals surface area contributed by atoms with Crippen LogP contribution in [0, 0.1) is 12.3 Å². The largest absolute Gasteiger partial charge is 0.481 e. The lowest BCUT2D eigenvalue weighted by Gasteiger charge is -2.30. The third kappa shape index (κ3) is 3.40. The zero-order valence-corrected chi connectivity index (χ0v) is 14.1. The molecule has 0 saturated carbocycles. The summed E-state index contributed by atoms with van der Waals surface area (Å²) in [6.07, 6.45) is 3.72. The number of aromatic nitrogens is 2. The van der Waals surface area contributed by atoms with Crippen LogP contribution in [0.3, 0.4) is 0 Å². The summed E-state index contributed by atoms with van der Waals surface area (Å²) in [5.74, 6) is 0.839. The molecule has 0 bridgehead atoms. The van der Waals surface area contributed by atoms with Gasteiger partial charge in [0.05, 0.1) is 24.4 Å². The monoisotopic (exact) mass is 294 g/mol. The predicted octanol–water partition coefficient (Wildman–Crippen LogP) is 2.25. The van der Waals surface area contributed by atoms with Gasteiger partial charge in [-0.2, -0.15) is 5.10 Å². The molecule has 1 atom stereocenters. The second-order valence-corrected chi connectivity index (χ2v) is 6.94. The van der Waals surface area contributed by atoms with Crippen molar-refractivity contribution in [3.63, 3.8) is 0 Å². The van der Waals surface area contributed by atoms with Gasteiger partial charge in [-0.25, -0.2) is 4.68 Å². The Morgan fingerprint density at radius 1 is 1.33 bits per heavy atom. The Morgan fingerprint density at radius 2 is 2.05 bits per heavy atom. The highest BCUT2D eigenvalue weighted by Gasteiger charge is 2.31. The molecular formula is C16H30N4O. The van der Waals surface area contributed by atoms with Crippen LogP contribution in [0.15, 0.2) is 0 Å². The van der Waals surface area contributed by atoms with Crippen LogP contribution >= 0.6 is 0 Å². The van der Waals surface area contributed by atoms with Gasteiger partial charge in [-0.05, 0) is 44.7 Å². The standard InChI is InChI=1S/C16H30N4O/c1-12-14(15(21-5)19(4)18-12)13(11-17)20-9-6-7-16(2,3)8-10-20/h13H,6-11,17H2,1-5H3. The van der Waals surface area contributed by atoms with E-state index in [9.17, 15) is 0 Å². The van der Waals surface area contributed by atoms with Crippen LogP contribution in [0.1, 0.15) is 50.4 Å². The number of methoxy groups -OCH3 is 1. The highest BCUT2D eigenvalue weighted by atomic mass is 16.5. The third-order valence-electron chi connectivity index (χ3n) is 4.78. The number of nitrogens with two attached hydrogens (primary N) is 1. The van der Waals surface area contributed by atoms with E-state index in [1.165, 1.54) is 19.3 Å². The van der Waals surface area contributed by atoms with Crippen molar-refractivity contribution >= 4 is 0 Å². The second-order valence-electron chi connectivity index (χ2n) is 6.94. The molecule has 1 aromatic rings. The Bertz CT molecular complexity index is 481. The number of hydrogen-bond donors (Lipinski definition) is 1. The summed E-state index contributed by atoms with van der Waals surface area (Å²) in [5, 5.41) is 4.51. The lowest BCUT2D eigenvalue weighted by Crippen LogP contribution is -2.35. The predicted molar refractivity (Wildman–Crippen MR) is 85.5 cm³/mol. The fourth-order valence-electron chi connectivity index (χ4n) is 3.48. The molecule has 1 aliphatic heterocycles. The Morgan fingerprint density at radius 3 is 2.67 bits per heavy atom. The SMILES string of the molecule is COc1c(C(CN)N2CCCC(C)(C)CC2)c(C)nn1C. The molecule has 21 heavy (non-hydrogen) atoms. The van der Waals surface area contributed by atoms with Crippen molar-refractivity contribution in [2.45, 2.75) is 46.1 Å². The van der Waals surface area contributed by atoms with Crippen LogP contribution in [0.25, 0.3) is 0 Å². The van der Waals surface area contributed by atoms with Gasteiger partial charge in [-0.15, -0.1) is 0 Å². The van der Waals surface area contributed by atoms with Crippen molar-refractivity contribution in [3.8, 4) is 5.88 Å². The maximum atomic E-state index is 6.12. The second kappa shape index (κ2) is 6.36. The lowest BCUT2D eigenvalue weighted by molar-refractivity contribution is 0.195. The van der Waals surface area contributed by atoms with Gasteiger partial charge in [0.25, 0.3) is 0 Å². The highest BCUT2D eigenvalue weighted by Crippen LogP contribution is 2.36. The average molecular weight is 294 g/mol. The van der Waals surface area contributed by atoms with E-state index in [0.29, 0.717) is 12.0 Å². The summed E-state index contributed by atoms with van der Waals surface area (Å²) in [7, 11) is 3.63. The first-order valence-electron chi connectivity index (χ1n) is 7.91. The molecule has 1 fully saturated rings. The van der Waals surface area contributed by atoms with Crippen LogP contribution in [0.2, 0.25) is 0 Å². The first kappa shape index (κ1) is 16.3. The molecule has 1 unspecified atom stereocenters. The molecule has 1 saturated heterocycles. The van der Waals surface area contributed by atoms with Crippen molar-refractivity contribution in [1.82, 2.24) is 14.7 Å². The molecule has 5 nitrogen and oxygen atoms in total. The maximum absolute atomic E-state index is 6.12. The van der Waals surface area contributed by atoms with Crippen molar-refractivity contribution in [3.05, 3.63) is 11.3 Å². The molecule has 0 spiro atoms. The molecule has 2 N–H and O–H groups in total. The number of aryl methyl sites for hydroxylation is 2.